The summed E-state index contributed by atoms with van der Waals surface area (Å²) < 4.78 is 13.4. The second kappa shape index (κ2) is 7.05. The lowest BCUT2D eigenvalue weighted by Gasteiger charge is -2.32. The average Bonchev–Trinajstić information content (AvgIpc) is 2.85. The third-order valence-corrected chi connectivity index (χ3v) is 4.55. The average molecular weight is 329 g/mol. The number of hydrogen-bond acceptors (Lipinski definition) is 4. The van der Waals surface area contributed by atoms with E-state index in [0.29, 0.717) is 31.1 Å². The summed E-state index contributed by atoms with van der Waals surface area (Å²) in [6.07, 6.45) is 2.15. The Morgan fingerprint density at radius 3 is 2.92 bits per heavy atom. The van der Waals surface area contributed by atoms with Crippen LogP contribution in [0.15, 0.2) is 30.5 Å². The number of nitrogens with zero attached hydrogens (tertiary/aromatic N) is 2. The van der Waals surface area contributed by atoms with Crippen LogP contribution in [0.1, 0.15) is 28.2 Å². The molecule has 0 aromatic carbocycles. The Balaban J connectivity index is 1.71. The smallest absolute Gasteiger partial charge is 0.253 e. The van der Waals surface area contributed by atoms with E-state index in [-0.39, 0.29) is 18.1 Å². The van der Waals surface area contributed by atoms with Crippen molar-refractivity contribution in [2.75, 3.05) is 13.2 Å². The summed E-state index contributed by atoms with van der Waals surface area (Å²) in [6, 6.07) is 7.32. The summed E-state index contributed by atoms with van der Waals surface area (Å²) in [5, 5.41) is 3.10. The molecule has 128 valence electrons. The highest BCUT2D eigenvalue weighted by Crippen LogP contribution is 2.18. The minimum atomic E-state index is -0.247. The Bertz CT molecular complexity index is 712. The maximum absolute atomic E-state index is 12.7. The summed E-state index contributed by atoms with van der Waals surface area (Å²) in [6.45, 7) is 4.99. The van der Waals surface area contributed by atoms with Gasteiger partial charge in [0.15, 0.2) is 0 Å². The van der Waals surface area contributed by atoms with Gasteiger partial charge in [0.25, 0.3) is 5.91 Å². The van der Waals surface area contributed by atoms with E-state index in [4.69, 9.17) is 9.47 Å². The van der Waals surface area contributed by atoms with Crippen molar-refractivity contribution in [1.29, 1.82) is 0 Å². The summed E-state index contributed by atoms with van der Waals surface area (Å²) in [5.74, 6) is 0.469. The zero-order chi connectivity index (χ0) is 17.1. The van der Waals surface area contributed by atoms with Crippen molar-refractivity contribution in [3.63, 3.8) is 0 Å². The Morgan fingerprint density at radius 1 is 1.42 bits per heavy atom. The molecule has 3 rings (SSSR count). The van der Waals surface area contributed by atoms with Crippen molar-refractivity contribution in [1.82, 2.24) is 14.9 Å². The molecule has 0 spiro atoms. The van der Waals surface area contributed by atoms with Gasteiger partial charge in [-0.05, 0) is 32.4 Å². The molecule has 6 nitrogen and oxygen atoms in total. The van der Waals surface area contributed by atoms with Crippen LogP contribution in [-0.4, -0.2) is 40.8 Å². The number of aromatic nitrogens is 2. The van der Waals surface area contributed by atoms with E-state index in [1.54, 1.807) is 12.3 Å². The molecule has 1 amide bonds. The van der Waals surface area contributed by atoms with Gasteiger partial charge in [0.2, 0.25) is 5.88 Å². The molecule has 1 saturated heterocycles. The number of aryl methyl sites for hydroxylation is 1. The van der Waals surface area contributed by atoms with E-state index >= 15 is 0 Å². The zero-order valence-corrected chi connectivity index (χ0v) is 14.3. The van der Waals surface area contributed by atoms with Gasteiger partial charge in [-0.1, -0.05) is 6.07 Å². The molecule has 2 aromatic heterocycles. The van der Waals surface area contributed by atoms with Crippen molar-refractivity contribution < 1.29 is 14.3 Å². The molecule has 2 aromatic rings. The zero-order valence-electron chi connectivity index (χ0n) is 14.3. The number of nitrogens with one attached hydrogen (secondary N) is 1. The fraction of sp³-hybridized carbons (Fsp3) is 0.444. The predicted octanol–water partition coefficient (Wildman–Crippen LogP) is 2.00. The highest BCUT2D eigenvalue weighted by Gasteiger charge is 2.30. The van der Waals surface area contributed by atoms with Gasteiger partial charge in [0.1, 0.15) is 6.10 Å². The first-order valence-corrected chi connectivity index (χ1v) is 8.15. The van der Waals surface area contributed by atoms with Crippen LogP contribution in [0.25, 0.3) is 0 Å². The van der Waals surface area contributed by atoms with Gasteiger partial charge < -0.3 is 19.4 Å². The number of ether oxygens (including phenoxy) is 2. The van der Waals surface area contributed by atoms with Crippen LogP contribution in [-0.2, 0) is 11.8 Å². The molecule has 0 saturated carbocycles. The Morgan fingerprint density at radius 2 is 2.25 bits per heavy atom. The molecule has 1 N–H and O–H groups in total. The van der Waals surface area contributed by atoms with Crippen molar-refractivity contribution >= 4 is 5.91 Å². The van der Waals surface area contributed by atoms with Gasteiger partial charge in [-0.15, -0.1) is 0 Å². The van der Waals surface area contributed by atoms with Crippen LogP contribution >= 0.6 is 0 Å². The third kappa shape index (κ3) is 3.43. The fourth-order valence-corrected chi connectivity index (χ4v) is 2.90. The lowest BCUT2D eigenvalue weighted by molar-refractivity contribution is -0.0153. The van der Waals surface area contributed by atoms with E-state index < -0.39 is 0 Å². The van der Waals surface area contributed by atoms with Gasteiger partial charge >= 0.3 is 0 Å². The van der Waals surface area contributed by atoms with Crippen LogP contribution < -0.4 is 10.1 Å². The first-order chi connectivity index (χ1) is 11.6. The highest BCUT2D eigenvalue weighted by atomic mass is 16.5. The molecule has 3 heterocycles. The van der Waals surface area contributed by atoms with E-state index in [0.717, 1.165) is 11.4 Å². The maximum atomic E-state index is 12.7. The molecule has 1 aliphatic heterocycles. The quantitative estimate of drug-likeness (QED) is 0.932. The standard InChI is InChI=1S/C18H23N3O3/c1-12-10-14(13(2)21(12)3)18(22)20-15-7-9-23-11-16(15)24-17-6-4-5-8-19-17/h4-6,8,10,15-16H,7,9,11H2,1-3H3,(H,20,22)/t15-,16-/m1/s1. The Hall–Kier alpha value is -2.34. The maximum Gasteiger partial charge on any atom is 0.253 e. The fourth-order valence-electron chi connectivity index (χ4n) is 2.90. The molecule has 0 bridgehead atoms. The van der Waals surface area contributed by atoms with Crippen LogP contribution in [0.5, 0.6) is 5.88 Å². The summed E-state index contributed by atoms with van der Waals surface area (Å²) in [5.41, 5.74) is 2.73. The number of hydrogen-bond donors (Lipinski definition) is 1. The van der Waals surface area contributed by atoms with Crippen LogP contribution in [0.4, 0.5) is 0 Å². The summed E-state index contributed by atoms with van der Waals surface area (Å²) in [4.78, 5) is 16.8. The molecule has 1 aliphatic rings. The molecular weight excluding hydrogens is 306 g/mol. The third-order valence-electron chi connectivity index (χ3n) is 4.55. The number of amides is 1. The van der Waals surface area contributed by atoms with Crippen molar-refractivity contribution in [2.24, 2.45) is 7.05 Å². The SMILES string of the molecule is Cc1cc(C(=O)N[C@@H]2CCOC[C@H]2Oc2ccccn2)c(C)n1C. The molecule has 0 aliphatic carbocycles. The minimum absolute atomic E-state index is 0.0716. The monoisotopic (exact) mass is 329 g/mol. The van der Waals surface area contributed by atoms with E-state index in [1.165, 1.54) is 0 Å². The summed E-state index contributed by atoms with van der Waals surface area (Å²) >= 11 is 0. The number of carbonyl (C=O) groups excluding carboxylic acids is 1. The molecule has 0 radical (unpaired) electrons. The van der Waals surface area contributed by atoms with Gasteiger partial charge in [-0.2, -0.15) is 0 Å². The number of pyridine rings is 1. The normalized spacial score (nSPS) is 20.6. The Labute approximate surface area is 141 Å². The van der Waals surface area contributed by atoms with Crippen LogP contribution in [0.3, 0.4) is 0 Å². The van der Waals surface area contributed by atoms with Crippen molar-refractivity contribution in [3.05, 3.63) is 47.4 Å². The molecular formula is C18H23N3O3. The first-order valence-electron chi connectivity index (χ1n) is 8.15. The minimum Gasteiger partial charge on any atom is -0.470 e. The van der Waals surface area contributed by atoms with Crippen molar-refractivity contribution in [3.8, 4) is 5.88 Å². The number of rotatable bonds is 4. The topological polar surface area (TPSA) is 65.4 Å². The van der Waals surface area contributed by atoms with Gasteiger partial charge in [-0.3, -0.25) is 4.79 Å². The molecule has 1 fully saturated rings. The largest absolute Gasteiger partial charge is 0.470 e. The van der Waals surface area contributed by atoms with Crippen molar-refractivity contribution in [2.45, 2.75) is 32.4 Å². The predicted molar refractivity (Wildman–Crippen MR) is 90.2 cm³/mol. The second-order valence-electron chi connectivity index (χ2n) is 6.11. The molecule has 24 heavy (non-hydrogen) atoms. The van der Waals surface area contributed by atoms with Gasteiger partial charge in [0.05, 0.1) is 18.2 Å². The van der Waals surface area contributed by atoms with Gasteiger partial charge in [-0.25, -0.2) is 4.98 Å². The first kappa shape index (κ1) is 16.5. The van der Waals surface area contributed by atoms with E-state index in [1.807, 2.05) is 43.7 Å². The lowest BCUT2D eigenvalue weighted by Crippen LogP contribution is -2.51. The summed E-state index contributed by atoms with van der Waals surface area (Å²) in [7, 11) is 1.96. The van der Waals surface area contributed by atoms with Gasteiger partial charge in [0, 0.05) is 37.3 Å². The molecule has 0 unspecified atom stereocenters. The molecule has 6 heteroatoms. The van der Waals surface area contributed by atoms with Crippen LogP contribution in [0.2, 0.25) is 0 Å². The van der Waals surface area contributed by atoms with Crippen LogP contribution in [0, 0.1) is 13.8 Å². The number of carbonyl (C=O) groups is 1. The molecule has 2 atom stereocenters. The van der Waals surface area contributed by atoms with E-state index in [9.17, 15) is 4.79 Å². The Kier molecular flexibility index (Phi) is 4.85. The second-order valence-corrected chi connectivity index (χ2v) is 6.11. The van der Waals surface area contributed by atoms with E-state index in [2.05, 4.69) is 10.3 Å². The lowest BCUT2D eigenvalue weighted by atomic mass is 10.1. The highest BCUT2D eigenvalue weighted by molar-refractivity contribution is 5.95.